The van der Waals surface area contributed by atoms with Crippen LogP contribution in [0.15, 0.2) is 29.4 Å². The zero-order valence-electron chi connectivity index (χ0n) is 9.08. The van der Waals surface area contributed by atoms with Crippen molar-refractivity contribution in [2.45, 2.75) is 11.2 Å². The first-order valence-electron chi connectivity index (χ1n) is 4.55. The van der Waals surface area contributed by atoms with E-state index in [1.807, 2.05) is 0 Å². The molecule has 0 atom stereocenters. The average Bonchev–Trinajstić information content (AvgIpc) is 2.31. The highest BCUT2D eigenvalue weighted by molar-refractivity contribution is 7.89. The average molecular weight is 246 g/mol. The summed E-state index contributed by atoms with van der Waals surface area (Å²) < 4.78 is 35.5. The Morgan fingerprint density at radius 1 is 1.44 bits per heavy atom. The van der Waals surface area contributed by atoms with Crippen LogP contribution < -0.4 is 4.72 Å². The number of nitrogens with zero attached hydrogens (tertiary/aromatic N) is 1. The first-order chi connectivity index (χ1) is 7.60. The van der Waals surface area contributed by atoms with Gasteiger partial charge < -0.3 is 9.47 Å². The van der Waals surface area contributed by atoms with Crippen LogP contribution in [0.4, 0.5) is 0 Å². The van der Waals surface area contributed by atoms with Crippen molar-refractivity contribution in [2.24, 2.45) is 0 Å². The highest BCUT2D eigenvalue weighted by Gasteiger charge is 2.16. The fourth-order valence-corrected chi connectivity index (χ4v) is 2.01. The second-order valence-corrected chi connectivity index (χ2v) is 4.71. The van der Waals surface area contributed by atoms with Crippen molar-refractivity contribution < 1.29 is 17.9 Å². The Hall–Kier alpha value is -1.02. The maximum Gasteiger partial charge on any atom is 0.242 e. The summed E-state index contributed by atoms with van der Waals surface area (Å²) in [5, 5.41) is 0. The van der Waals surface area contributed by atoms with E-state index in [2.05, 4.69) is 9.71 Å². The maximum atomic E-state index is 11.7. The number of methoxy groups -OCH3 is 2. The van der Waals surface area contributed by atoms with Crippen molar-refractivity contribution in [2.75, 3.05) is 20.8 Å². The fourth-order valence-electron chi connectivity index (χ4n) is 1.03. The molecule has 0 radical (unpaired) electrons. The number of pyridine rings is 1. The molecular formula is C9H14N2O4S. The molecule has 0 spiro atoms. The summed E-state index contributed by atoms with van der Waals surface area (Å²) in [6.07, 6.45) is 2.18. The van der Waals surface area contributed by atoms with Gasteiger partial charge in [0.1, 0.15) is 4.90 Å². The Kier molecular flexibility index (Phi) is 4.81. The van der Waals surface area contributed by atoms with Crippen LogP contribution >= 0.6 is 0 Å². The highest BCUT2D eigenvalue weighted by Crippen LogP contribution is 2.05. The zero-order chi connectivity index (χ0) is 12.0. The van der Waals surface area contributed by atoms with Crippen LogP contribution in [0, 0.1) is 0 Å². The predicted octanol–water partition coefficient (Wildman–Crippen LogP) is -0.0212. The van der Waals surface area contributed by atoms with E-state index >= 15 is 0 Å². The molecule has 0 aromatic carbocycles. The molecule has 0 saturated heterocycles. The molecule has 90 valence electrons. The minimum atomic E-state index is -3.55. The summed E-state index contributed by atoms with van der Waals surface area (Å²) in [5.41, 5.74) is 0. The monoisotopic (exact) mass is 246 g/mol. The normalized spacial score (nSPS) is 11.9. The third-order valence-electron chi connectivity index (χ3n) is 1.91. The first-order valence-corrected chi connectivity index (χ1v) is 6.03. The van der Waals surface area contributed by atoms with E-state index in [0.29, 0.717) is 0 Å². The Morgan fingerprint density at radius 2 is 2.12 bits per heavy atom. The minimum absolute atomic E-state index is 0.0459. The van der Waals surface area contributed by atoms with Crippen LogP contribution in [0.2, 0.25) is 0 Å². The Morgan fingerprint density at radius 3 is 2.62 bits per heavy atom. The topological polar surface area (TPSA) is 77.5 Å². The van der Waals surface area contributed by atoms with Crippen molar-refractivity contribution in [3.63, 3.8) is 0 Å². The van der Waals surface area contributed by atoms with Gasteiger partial charge in [0.25, 0.3) is 0 Å². The molecule has 7 heteroatoms. The molecule has 1 heterocycles. The third kappa shape index (κ3) is 3.53. The number of hydrogen-bond acceptors (Lipinski definition) is 5. The number of hydrogen-bond donors (Lipinski definition) is 1. The van der Waals surface area contributed by atoms with Crippen LogP contribution in [-0.4, -0.2) is 40.5 Å². The van der Waals surface area contributed by atoms with Gasteiger partial charge in [0.05, 0.1) is 6.54 Å². The Balaban J connectivity index is 2.67. The number of rotatable bonds is 6. The van der Waals surface area contributed by atoms with Crippen LogP contribution in [0.25, 0.3) is 0 Å². The van der Waals surface area contributed by atoms with Crippen LogP contribution in [0.3, 0.4) is 0 Å². The summed E-state index contributed by atoms with van der Waals surface area (Å²) in [6.45, 7) is 0.0459. The standard InChI is InChI=1S/C9H14N2O4S/c1-14-9(15-2)7-11-16(12,13)8-4-3-5-10-6-8/h3-6,9,11H,7H2,1-2H3. The highest BCUT2D eigenvalue weighted by atomic mass is 32.2. The molecule has 0 aliphatic rings. The molecule has 0 fully saturated rings. The Labute approximate surface area is 94.6 Å². The number of ether oxygens (including phenoxy) is 2. The second kappa shape index (κ2) is 5.90. The molecule has 1 rings (SSSR count). The van der Waals surface area contributed by atoms with Crippen LogP contribution in [-0.2, 0) is 19.5 Å². The lowest BCUT2D eigenvalue weighted by atomic mass is 10.5. The Bertz CT molecular complexity index is 403. The SMILES string of the molecule is COC(CNS(=O)(=O)c1cccnc1)OC. The van der Waals surface area contributed by atoms with Gasteiger partial charge in [0.15, 0.2) is 6.29 Å². The molecule has 16 heavy (non-hydrogen) atoms. The lowest BCUT2D eigenvalue weighted by Gasteiger charge is -2.13. The molecule has 1 aromatic heterocycles. The van der Waals surface area contributed by atoms with Crippen molar-refractivity contribution in [1.29, 1.82) is 0 Å². The lowest BCUT2D eigenvalue weighted by Crippen LogP contribution is -2.34. The smallest absolute Gasteiger partial charge is 0.242 e. The first kappa shape index (κ1) is 13.0. The number of nitrogens with one attached hydrogen (secondary N) is 1. The van der Waals surface area contributed by atoms with E-state index in [-0.39, 0.29) is 11.4 Å². The van der Waals surface area contributed by atoms with Gasteiger partial charge in [0.2, 0.25) is 10.0 Å². The van der Waals surface area contributed by atoms with E-state index in [0.717, 1.165) is 0 Å². The van der Waals surface area contributed by atoms with Crippen molar-refractivity contribution in [3.8, 4) is 0 Å². The molecule has 0 saturated carbocycles. The summed E-state index contributed by atoms with van der Waals surface area (Å²) in [4.78, 5) is 3.85. The maximum absolute atomic E-state index is 11.7. The summed E-state index contributed by atoms with van der Waals surface area (Å²) >= 11 is 0. The van der Waals surface area contributed by atoms with Gasteiger partial charge in [-0.15, -0.1) is 0 Å². The summed E-state index contributed by atoms with van der Waals surface area (Å²) in [5.74, 6) is 0. The van der Waals surface area contributed by atoms with Gasteiger partial charge in [-0.3, -0.25) is 4.98 Å². The van der Waals surface area contributed by atoms with Gasteiger partial charge in [-0.2, -0.15) is 0 Å². The quantitative estimate of drug-likeness (QED) is 0.714. The van der Waals surface area contributed by atoms with E-state index < -0.39 is 16.3 Å². The molecule has 6 nitrogen and oxygen atoms in total. The molecule has 1 aromatic rings. The van der Waals surface area contributed by atoms with Crippen LogP contribution in [0.1, 0.15) is 0 Å². The van der Waals surface area contributed by atoms with Gasteiger partial charge in [-0.25, -0.2) is 13.1 Å². The van der Waals surface area contributed by atoms with E-state index in [1.165, 1.54) is 32.7 Å². The van der Waals surface area contributed by atoms with Gasteiger partial charge in [-0.05, 0) is 12.1 Å². The van der Waals surface area contributed by atoms with Crippen molar-refractivity contribution in [3.05, 3.63) is 24.5 Å². The van der Waals surface area contributed by atoms with E-state index in [9.17, 15) is 8.42 Å². The molecular weight excluding hydrogens is 232 g/mol. The third-order valence-corrected chi connectivity index (χ3v) is 3.32. The number of sulfonamides is 1. The van der Waals surface area contributed by atoms with Crippen LogP contribution in [0.5, 0.6) is 0 Å². The summed E-state index contributed by atoms with van der Waals surface area (Å²) in [6, 6.07) is 3.02. The predicted molar refractivity (Wildman–Crippen MR) is 57.2 cm³/mol. The molecule has 0 amide bonds. The van der Waals surface area contributed by atoms with Crippen molar-refractivity contribution >= 4 is 10.0 Å². The van der Waals surface area contributed by atoms with Crippen molar-refractivity contribution in [1.82, 2.24) is 9.71 Å². The zero-order valence-corrected chi connectivity index (χ0v) is 9.90. The fraction of sp³-hybridized carbons (Fsp3) is 0.444. The molecule has 0 aliphatic carbocycles. The lowest BCUT2D eigenvalue weighted by molar-refractivity contribution is -0.0960. The second-order valence-electron chi connectivity index (χ2n) is 2.94. The van der Waals surface area contributed by atoms with Gasteiger partial charge in [0, 0.05) is 26.6 Å². The molecule has 0 unspecified atom stereocenters. The molecule has 0 bridgehead atoms. The molecule has 1 N–H and O–H groups in total. The largest absolute Gasteiger partial charge is 0.355 e. The summed E-state index contributed by atoms with van der Waals surface area (Å²) in [7, 11) is -0.674. The van der Waals surface area contributed by atoms with Gasteiger partial charge >= 0.3 is 0 Å². The van der Waals surface area contributed by atoms with E-state index in [1.54, 1.807) is 6.07 Å². The number of aromatic nitrogens is 1. The van der Waals surface area contributed by atoms with E-state index in [4.69, 9.17) is 9.47 Å². The molecule has 0 aliphatic heterocycles. The minimum Gasteiger partial charge on any atom is -0.355 e. The van der Waals surface area contributed by atoms with Gasteiger partial charge in [-0.1, -0.05) is 0 Å².